The average molecular weight is 362 g/mol. The molecule has 0 amide bonds. The van der Waals surface area contributed by atoms with Gasteiger partial charge in [-0.3, -0.25) is 0 Å². The summed E-state index contributed by atoms with van der Waals surface area (Å²) in [6.07, 6.45) is 1.36. The maximum atomic E-state index is 6.46. The molecular weight excluding hydrogens is 341 g/mol. The molecule has 0 radical (unpaired) electrons. The van der Waals surface area contributed by atoms with E-state index in [0.717, 1.165) is 36.4 Å². The van der Waals surface area contributed by atoms with Crippen LogP contribution in [0.15, 0.2) is 30.3 Å². The summed E-state index contributed by atoms with van der Waals surface area (Å²) in [7, 11) is 0. The van der Waals surface area contributed by atoms with Crippen molar-refractivity contribution in [2.24, 2.45) is 0 Å². The van der Waals surface area contributed by atoms with E-state index in [0.29, 0.717) is 28.0 Å². The number of piperidine rings is 1. The molecule has 0 spiro atoms. The van der Waals surface area contributed by atoms with Crippen molar-refractivity contribution in [1.82, 2.24) is 5.32 Å². The van der Waals surface area contributed by atoms with E-state index >= 15 is 0 Å². The second-order valence-corrected chi connectivity index (χ2v) is 7.86. The Morgan fingerprint density at radius 2 is 2.00 bits per heavy atom. The first-order chi connectivity index (χ1) is 11.5. The standard InChI is InChI=1S/C20H21Cl2NO/c1-11(2)15-7-12(14-4-3-13(21)9-18(14)22)8-16-17-10-23-6-5-19(17)24-20(15)16/h3-4,7-9,11,17,19,23H,5-6,10H2,1-2H3/t17-,19-/m0/s1. The largest absolute Gasteiger partial charge is 0.489 e. The van der Waals surface area contributed by atoms with E-state index in [1.807, 2.05) is 18.2 Å². The smallest absolute Gasteiger partial charge is 0.126 e. The summed E-state index contributed by atoms with van der Waals surface area (Å²) in [6, 6.07) is 10.2. The summed E-state index contributed by atoms with van der Waals surface area (Å²) in [5.41, 5.74) is 4.76. The monoisotopic (exact) mass is 361 g/mol. The Balaban J connectivity index is 1.87. The average Bonchev–Trinajstić information content (AvgIpc) is 2.92. The van der Waals surface area contributed by atoms with Crippen LogP contribution in [0.4, 0.5) is 0 Å². The highest BCUT2D eigenvalue weighted by Crippen LogP contribution is 2.47. The Labute approximate surface area is 153 Å². The minimum absolute atomic E-state index is 0.301. The van der Waals surface area contributed by atoms with Gasteiger partial charge >= 0.3 is 0 Å². The fraction of sp³-hybridized carbons (Fsp3) is 0.400. The highest BCUT2D eigenvalue weighted by Gasteiger charge is 2.38. The number of hydrogen-bond donors (Lipinski definition) is 1. The zero-order valence-electron chi connectivity index (χ0n) is 13.9. The van der Waals surface area contributed by atoms with E-state index in [1.165, 1.54) is 11.1 Å². The molecule has 0 bridgehead atoms. The van der Waals surface area contributed by atoms with Gasteiger partial charge in [0, 0.05) is 33.6 Å². The summed E-state index contributed by atoms with van der Waals surface area (Å²) in [6.45, 7) is 6.44. The molecule has 2 aliphatic rings. The van der Waals surface area contributed by atoms with Crippen LogP contribution in [-0.2, 0) is 0 Å². The summed E-state index contributed by atoms with van der Waals surface area (Å²) in [4.78, 5) is 0. The molecule has 0 aliphatic carbocycles. The molecule has 2 nitrogen and oxygen atoms in total. The topological polar surface area (TPSA) is 21.3 Å². The van der Waals surface area contributed by atoms with Crippen LogP contribution >= 0.6 is 23.2 Å². The Morgan fingerprint density at radius 1 is 1.17 bits per heavy atom. The van der Waals surface area contributed by atoms with Crippen LogP contribution in [0.1, 0.15) is 43.2 Å². The molecule has 126 valence electrons. The predicted molar refractivity (Wildman–Crippen MR) is 101 cm³/mol. The van der Waals surface area contributed by atoms with E-state index in [2.05, 4.69) is 31.3 Å². The third kappa shape index (κ3) is 2.71. The van der Waals surface area contributed by atoms with Gasteiger partial charge in [0.2, 0.25) is 0 Å². The van der Waals surface area contributed by atoms with Crippen LogP contribution in [-0.4, -0.2) is 19.2 Å². The fourth-order valence-electron chi connectivity index (χ4n) is 3.83. The lowest BCUT2D eigenvalue weighted by Gasteiger charge is -2.25. The Morgan fingerprint density at radius 3 is 2.75 bits per heavy atom. The van der Waals surface area contributed by atoms with Crippen molar-refractivity contribution in [2.45, 2.75) is 38.2 Å². The van der Waals surface area contributed by atoms with Crippen molar-refractivity contribution in [2.75, 3.05) is 13.1 Å². The second-order valence-electron chi connectivity index (χ2n) is 7.02. The van der Waals surface area contributed by atoms with Gasteiger partial charge in [0.25, 0.3) is 0 Å². The molecule has 24 heavy (non-hydrogen) atoms. The molecule has 4 rings (SSSR count). The first-order valence-electron chi connectivity index (χ1n) is 8.55. The highest BCUT2D eigenvalue weighted by molar-refractivity contribution is 6.36. The Kier molecular flexibility index (Phi) is 4.24. The van der Waals surface area contributed by atoms with Crippen LogP contribution in [0.2, 0.25) is 10.0 Å². The molecule has 2 aromatic carbocycles. The Hall–Kier alpha value is -1.22. The number of benzene rings is 2. The number of hydrogen-bond acceptors (Lipinski definition) is 2. The van der Waals surface area contributed by atoms with E-state index in [-0.39, 0.29) is 0 Å². The lowest BCUT2D eigenvalue weighted by molar-refractivity contribution is 0.171. The zero-order chi connectivity index (χ0) is 16.8. The molecular formula is C20H21Cl2NO. The van der Waals surface area contributed by atoms with Crippen LogP contribution in [0.5, 0.6) is 5.75 Å². The molecule has 0 unspecified atom stereocenters. The van der Waals surface area contributed by atoms with E-state index in [4.69, 9.17) is 27.9 Å². The van der Waals surface area contributed by atoms with Crippen molar-refractivity contribution in [1.29, 1.82) is 0 Å². The van der Waals surface area contributed by atoms with Crippen LogP contribution < -0.4 is 10.1 Å². The maximum absolute atomic E-state index is 6.46. The first-order valence-corrected chi connectivity index (χ1v) is 9.31. The van der Waals surface area contributed by atoms with Gasteiger partial charge in [-0.05, 0) is 54.3 Å². The van der Waals surface area contributed by atoms with Crippen molar-refractivity contribution in [3.8, 4) is 16.9 Å². The quantitative estimate of drug-likeness (QED) is 0.748. The number of rotatable bonds is 2. The molecule has 2 heterocycles. The molecule has 0 saturated carbocycles. The molecule has 2 atom stereocenters. The van der Waals surface area contributed by atoms with Gasteiger partial charge in [0.05, 0.1) is 0 Å². The van der Waals surface area contributed by atoms with Gasteiger partial charge in [-0.25, -0.2) is 0 Å². The van der Waals surface area contributed by atoms with Gasteiger partial charge in [-0.2, -0.15) is 0 Å². The van der Waals surface area contributed by atoms with Gasteiger partial charge in [-0.15, -0.1) is 0 Å². The molecule has 2 aromatic rings. The van der Waals surface area contributed by atoms with E-state index in [9.17, 15) is 0 Å². The van der Waals surface area contributed by atoms with Crippen molar-refractivity contribution >= 4 is 23.2 Å². The normalized spacial score (nSPS) is 22.2. The van der Waals surface area contributed by atoms with Crippen molar-refractivity contribution in [3.63, 3.8) is 0 Å². The summed E-state index contributed by atoms with van der Waals surface area (Å²) in [5.74, 6) is 1.92. The summed E-state index contributed by atoms with van der Waals surface area (Å²) in [5, 5.41) is 4.85. The summed E-state index contributed by atoms with van der Waals surface area (Å²) < 4.78 is 6.35. The van der Waals surface area contributed by atoms with Crippen LogP contribution in [0.25, 0.3) is 11.1 Å². The SMILES string of the molecule is CC(C)c1cc(-c2ccc(Cl)cc2Cl)cc2c1O[C@H]1CCNC[C@@H]21. The number of halogens is 2. The van der Waals surface area contributed by atoms with Crippen LogP contribution in [0.3, 0.4) is 0 Å². The minimum Gasteiger partial charge on any atom is -0.489 e. The molecule has 1 N–H and O–H groups in total. The second kappa shape index (κ2) is 6.25. The molecule has 4 heteroatoms. The van der Waals surface area contributed by atoms with E-state index < -0.39 is 0 Å². The van der Waals surface area contributed by atoms with E-state index in [1.54, 1.807) is 0 Å². The predicted octanol–water partition coefficient (Wildman–Crippen LogP) is 5.62. The highest BCUT2D eigenvalue weighted by atomic mass is 35.5. The maximum Gasteiger partial charge on any atom is 0.126 e. The van der Waals surface area contributed by atoms with Crippen LogP contribution in [0, 0.1) is 0 Å². The third-order valence-corrected chi connectivity index (χ3v) is 5.65. The number of fused-ring (bicyclic) bond motifs is 3. The van der Waals surface area contributed by atoms with Gasteiger partial charge < -0.3 is 10.1 Å². The number of nitrogens with one attached hydrogen (secondary N) is 1. The van der Waals surface area contributed by atoms with Crippen molar-refractivity contribution < 1.29 is 4.74 Å². The molecule has 1 fully saturated rings. The Bertz CT molecular complexity index is 787. The first kappa shape index (κ1) is 16.3. The lowest BCUT2D eigenvalue weighted by Crippen LogP contribution is -2.37. The van der Waals surface area contributed by atoms with Gasteiger partial charge in [0.1, 0.15) is 11.9 Å². The summed E-state index contributed by atoms with van der Waals surface area (Å²) >= 11 is 12.5. The molecule has 0 aromatic heterocycles. The number of ether oxygens (including phenoxy) is 1. The molecule has 2 aliphatic heterocycles. The van der Waals surface area contributed by atoms with Gasteiger partial charge in [-0.1, -0.05) is 43.1 Å². The third-order valence-electron chi connectivity index (χ3n) is 5.10. The van der Waals surface area contributed by atoms with Crippen molar-refractivity contribution in [3.05, 3.63) is 51.5 Å². The van der Waals surface area contributed by atoms with Gasteiger partial charge in [0.15, 0.2) is 0 Å². The molecule has 1 saturated heterocycles. The fourth-order valence-corrected chi connectivity index (χ4v) is 4.35. The lowest BCUT2D eigenvalue weighted by atomic mass is 9.86. The minimum atomic E-state index is 0.301. The zero-order valence-corrected chi connectivity index (χ0v) is 15.4.